The van der Waals surface area contributed by atoms with Crippen molar-refractivity contribution in [3.05, 3.63) is 30.2 Å². The van der Waals surface area contributed by atoms with Crippen LogP contribution in [0.25, 0.3) is 22.3 Å². The lowest BCUT2D eigenvalue weighted by Gasteiger charge is -2.30. The summed E-state index contributed by atoms with van der Waals surface area (Å²) in [6.45, 7) is 6.35. The number of nitrogens with one attached hydrogen (secondary N) is 3. The van der Waals surface area contributed by atoms with E-state index in [1.807, 2.05) is 20.8 Å². The number of H-pyrrole nitrogens is 1. The lowest BCUT2D eigenvalue weighted by Crippen LogP contribution is -2.45. The van der Waals surface area contributed by atoms with Gasteiger partial charge in [0.15, 0.2) is 11.5 Å². The molecule has 3 aromatic rings. The fraction of sp³-hybridized carbons (Fsp3) is 0.500. The summed E-state index contributed by atoms with van der Waals surface area (Å²) in [7, 11) is 1.61. The van der Waals surface area contributed by atoms with Gasteiger partial charge in [0.1, 0.15) is 35.5 Å². The summed E-state index contributed by atoms with van der Waals surface area (Å²) in [5.74, 6) is 1.43. The SMILES string of the molecule is COCCOc1ccc2c(c1-c1ncnc3c(C(=O)N[C@H]4CC[C@H](NC(=O)OC(C)(C)C)CC4)c[nH]c13)OCO2. The van der Waals surface area contributed by atoms with Gasteiger partial charge in [-0.25, -0.2) is 14.8 Å². The Hall–Kier alpha value is -4.06. The number of alkyl carbamates (subject to hydrolysis) is 1. The summed E-state index contributed by atoms with van der Waals surface area (Å²) in [6.07, 6.45) is 5.62. The summed E-state index contributed by atoms with van der Waals surface area (Å²) in [6, 6.07) is 3.60. The molecule has 0 spiro atoms. The minimum Gasteiger partial charge on any atom is -0.490 e. The molecule has 0 saturated heterocycles. The fourth-order valence-corrected chi connectivity index (χ4v) is 4.96. The molecule has 1 saturated carbocycles. The van der Waals surface area contributed by atoms with Gasteiger partial charge in [0.25, 0.3) is 5.91 Å². The second kappa shape index (κ2) is 11.6. The monoisotopic (exact) mass is 553 g/mol. The van der Waals surface area contributed by atoms with Gasteiger partial charge < -0.3 is 39.3 Å². The van der Waals surface area contributed by atoms with E-state index in [4.69, 9.17) is 23.7 Å². The van der Waals surface area contributed by atoms with Crippen LogP contribution in [0.3, 0.4) is 0 Å². The van der Waals surface area contributed by atoms with Crippen LogP contribution < -0.4 is 24.8 Å². The number of hydrogen-bond acceptors (Lipinski definition) is 9. The van der Waals surface area contributed by atoms with Crippen molar-refractivity contribution in [1.82, 2.24) is 25.6 Å². The first-order valence-electron chi connectivity index (χ1n) is 13.4. The third-order valence-corrected chi connectivity index (χ3v) is 6.77. The Kier molecular flexibility index (Phi) is 7.97. The average molecular weight is 554 g/mol. The Bertz CT molecular complexity index is 1380. The van der Waals surface area contributed by atoms with Crippen molar-refractivity contribution in [1.29, 1.82) is 0 Å². The van der Waals surface area contributed by atoms with Crippen LogP contribution in [0.5, 0.6) is 17.2 Å². The molecular weight excluding hydrogens is 518 g/mol. The summed E-state index contributed by atoms with van der Waals surface area (Å²) in [5.41, 5.74) is 2.09. The molecule has 0 atom stereocenters. The molecule has 3 heterocycles. The minimum absolute atomic E-state index is 0.0147. The first-order chi connectivity index (χ1) is 19.2. The largest absolute Gasteiger partial charge is 0.490 e. The normalized spacial score (nSPS) is 18.4. The van der Waals surface area contributed by atoms with Gasteiger partial charge in [-0.05, 0) is 58.6 Å². The highest BCUT2D eigenvalue weighted by molar-refractivity contribution is 6.08. The van der Waals surface area contributed by atoms with Crippen LogP contribution in [0, 0.1) is 0 Å². The van der Waals surface area contributed by atoms with Crippen molar-refractivity contribution in [3.8, 4) is 28.5 Å². The van der Waals surface area contributed by atoms with Crippen LogP contribution in [0.15, 0.2) is 24.7 Å². The van der Waals surface area contributed by atoms with Gasteiger partial charge in [-0.2, -0.15) is 0 Å². The number of amides is 2. The molecule has 5 rings (SSSR count). The minimum atomic E-state index is -0.544. The van der Waals surface area contributed by atoms with Gasteiger partial charge in [0.2, 0.25) is 6.79 Å². The number of rotatable bonds is 8. The van der Waals surface area contributed by atoms with Crippen molar-refractivity contribution in [2.75, 3.05) is 27.1 Å². The van der Waals surface area contributed by atoms with Crippen molar-refractivity contribution < 1.29 is 33.3 Å². The van der Waals surface area contributed by atoms with Gasteiger partial charge in [0, 0.05) is 25.4 Å². The van der Waals surface area contributed by atoms with E-state index in [1.165, 1.54) is 6.33 Å². The highest BCUT2D eigenvalue weighted by atomic mass is 16.7. The Labute approximate surface area is 232 Å². The topological polar surface area (TPSA) is 146 Å². The maximum Gasteiger partial charge on any atom is 0.407 e. The number of ether oxygens (including phenoxy) is 5. The highest BCUT2D eigenvalue weighted by Gasteiger charge is 2.29. The molecule has 1 fully saturated rings. The standard InChI is InChI=1S/C28H35N5O7/c1-28(2,3)40-27(35)33-17-7-5-16(6-8-17)32-26(34)18-13-29-24-22(18)30-14-31-23(24)21-19(37-12-11-36-4)9-10-20-25(21)39-15-38-20/h9-10,13-14,16-17,29H,5-8,11-12,15H2,1-4H3,(H,32,34)(H,33,35)/t16-,17-. The number of carbonyl (C=O) groups is 2. The molecule has 40 heavy (non-hydrogen) atoms. The predicted molar refractivity (Wildman–Crippen MR) is 146 cm³/mol. The van der Waals surface area contributed by atoms with E-state index < -0.39 is 11.7 Å². The molecule has 1 aliphatic carbocycles. The van der Waals surface area contributed by atoms with E-state index in [0.717, 1.165) is 25.7 Å². The third kappa shape index (κ3) is 6.06. The van der Waals surface area contributed by atoms with E-state index >= 15 is 0 Å². The lowest BCUT2D eigenvalue weighted by molar-refractivity contribution is 0.0488. The van der Waals surface area contributed by atoms with Gasteiger partial charge >= 0.3 is 6.09 Å². The van der Waals surface area contributed by atoms with Crippen LogP contribution in [-0.2, 0) is 9.47 Å². The zero-order chi connectivity index (χ0) is 28.3. The number of aromatic amines is 1. The maximum atomic E-state index is 13.3. The first kappa shape index (κ1) is 27.5. The van der Waals surface area contributed by atoms with E-state index in [9.17, 15) is 9.59 Å². The quantitative estimate of drug-likeness (QED) is 0.353. The van der Waals surface area contributed by atoms with Crippen molar-refractivity contribution in [3.63, 3.8) is 0 Å². The summed E-state index contributed by atoms with van der Waals surface area (Å²) in [5, 5.41) is 6.05. The number of fused-ring (bicyclic) bond motifs is 2. The second-order valence-corrected chi connectivity index (χ2v) is 10.8. The summed E-state index contributed by atoms with van der Waals surface area (Å²) < 4.78 is 27.8. The number of benzene rings is 1. The van der Waals surface area contributed by atoms with Crippen molar-refractivity contribution in [2.45, 2.75) is 64.1 Å². The highest BCUT2D eigenvalue weighted by Crippen LogP contribution is 2.47. The molecule has 0 unspecified atom stereocenters. The molecule has 12 heteroatoms. The first-order valence-corrected chi connectivity index (χ1v) is 13.4. The number of carbonyl (C=O) groups excluding carboxylic acids is 2. The van der Waals surface area contributed by atoms with E-state index in [0.29, 0.717) is 58.3 Å². The number of aromatic nitrogens is 3. The molecule has 1 aromatic carbocycles. The third-order valence-electron chi connectivity index (χ3n) is 6.77. The zero-order valence-electron chi connectivity index (χ0n) is 23.2. The summed E-state index contributed by atoms with van der Waals surface area (Å²) >= 11 is 0. The van der Waals surface area contributed by atoms with E-state index in [1.54, 1.807) is 25.4 Å². The van der Waals surface area contributed by atoms with Gasteiger partial charge in [-0.15, -0.1) is 0 Å². The molecular formula is C28H35N5O7. The summed E-state index contributed by atoms with van der Waals surface area (Å²) in [4.78, 5) is 37.5. The van der Waals surface area contributed by atoms with Crippen molar-refractivity contribution in [2.24, 2.45) is 0 Å². The Balaban J connectivity index is 1.31. The van der Waals surface area contributed by atoms with Crippen LogP contribution >= 0.6 is 0 Å². The molecule has 12 nitrogen and oxygen atoms in total. The molecule has 214 valence electrons. The molecule has 2 amide bonds. The van der Waals surface area contributed by atoms with Crippen LogP contribution in [0.4, 0.5) is 4.79 Å². The molecule has 1 aliphatic heterocycles. The fourth-order valence-electron chi connectivity index (χ4n) is 4.96. The van der Waals surface area contributed by atoms with Gasteiger partial charge in [0.05, 0.1) is 23.3 Å². The van der Waals surface area contributed by atoms with Crippen LogP contribution in [0.2, 0.25) is 0 Å². The van der Waals surface area contributed by atoms with Crippen molar-refractivity contribution >= 4 is 23.0 Å². The van der Waals surface area contributed by atoms with E-state index in [-0.39, 0.29) is 24.8 Å². The molecule has 2 aromatic heterocycles. The predicted octanol–water partition coefficient (Wildman–Crippen LogP) is 3.94. The van der Waals surface area contributed by atoms with Crippen LogP contribution in [-0.4, -0.2) is 71.8 Å². The smallest absolute Gasteiger partial charge is 0.407 e. The number of hydrogen-bond donors (Lipinski definition) is 3. The van der Waals surface area contributed by atoms with Gasteiger partial charge in [-0.1, -0.05) is 0 Å². The molecule has 0 radical (unpaired) electrons. The second-order valence-electron chi connectivity index (χ2n) is 10.8. The van der Waals surface area contributed by atoms with E-state index in [2.05, 4.69) is 25.6 Å². The molecule has 2 aliphatic rings. The number of methoxy groups -OCH3 is 1. The zero-order valence-corrected chi connectivity index (χ0v) is 23.2. The Morgan fingerprint density at radius 1 is 1.05 bits per heavy atom. The lowest BCUT2D eigenvalue weighted by atomic mass is 9.91. The number of nitrogens with zero attached hydrogens (tertiary/aromatic N) is 2. The Morgan fingerprint density at radius 2 is 1.80 bits per heavy atom. The molecule has 3 N–H and O–H groups in total. The molecule has 0 bridgehead atoms. The maximum absolute atomic E-state index is 13.3. The average Bonchev–Trinajstić information content (AvgIpc) is 3.56. The Morgan fingerprint density at radius 3 is 2.52 bits per heavy atom. The van der Waals surface area contributed by atoms with Gasteiger partial charge in [-0.3, -0.25) is 4.79 Å². The van der Waals surface area contributed by atoms with Crippen LogP contribution in [0.1, 0.15) is 56.8 Å².